The highest BCUT2D eigenvalue weighted by Crippen LogP contribution is 2.17. The predicted molar refractivity (Wildman–Crippen MR) is 115 cm³/mol. The fourth-order valence-electron chi connectivity index (χ4n) is 3.16. The standard InChI is InChI=1S/C20H32FN5OS/c1-4-22-20(23-7-8-25-9-11-26(12-10-25)16(2)27)24-14-17-5-6-19(21)13-18(17)15-28-3/h5-6,13H,4,7-12,14-15H2,1-3H3,(H2,22,23,24). The van der Waals surface area contributed by atoms with Gasteiger partial charge >= 0.3 is 0 Å². The van der Waals surface area contributed by atoms with Crippen LogP contribution in [0.25, 0.3) is 0 Å². The van der Waals surface area contributed by atoms with Gasteiger partial charge in [-0.05, 0) is 36.4 Å². The van der Waals surface area contributed by atoms with Crippen molar-refractivity contribution in [1.29, 1.82) is 0 Å². The lowest BCUT2D eigenvalue weighted by Gasteiger charge is -2.34. The predicted octanol–water partition coefficient (Wildman–Crippen LogP) is 1.91. The van der Waals surface area contributed by atoms with Gasteiger partial charge in [-0.15, -0.1) is 0 Å². The molecule has 1 fully saturated rings. The van der Waals surface area contributed by atoms with Gasteiger partial charge in [-0.2, -0.15) is 11.8 Å². The van der Waals surface area contributed by atoms with Crippen LogP contribution in [0.1, 0.15) is 25.0 Å². The van der Waals surface area contributed by atoms with Gasteiger partial charge in [0, 0.05) is 58.5 Å². The van der Waals surface area contributed by atoms with Gasteiger partial charge in [-0.1, -0.05) is 6.07 Å². The van der Waals surface area contributed by atoms with Crippen molar-refractivity contribution >= 4 is 23.6 Å². The van der Waals surface area contributed by atoms with E-state index in [2.05, 4.69) is 20.5 Å². The van der Waals surface area contributed by atoms with Crippen molar-refractivity contribution in [3.05, 3.63) is 35.1 Å². The summed E-state index contributed by atoms with van der Waals surface area (Å²) in [6.45, 7) is 10.1. The molecular weight excluding hydrogens is 377 g/mol. The molecule has 1 saturated heterocycles. The third-order valence-electron chi connectivity index (χ3n) is 4.76. The highest BCUT2D eigenvalue weighted by Gasteiger charge is 2.17. The minimum absolute atomic E-state index is 0.154. The number of halogens is 1. The second-order valence-electron chi connectivity index (χ2n) is 6.82. The smallest absolute Gasteiger partial charge is 0.219 e. The van der Waals surface area contributed by atoms with E-state index in [9.17, 15) is 9.18 Å². The summed E-state index contributed by atoms with van der Waals surface area (Å²) in [5.41, 5.74) is 2.05. The van der Waals surface area contributed by atoms with Crippen LogP contribution in [-0.2, 0) is 17.1 Å². The number of rotatable bonds is 8. The molecule has 156 valence electrons. The minimum atomic E-state index is -0.202. The normalized spacial score (nSPS) is 15.6. The van der Waals surface area contributed by atoms with Crippen molar-refractivity contribution in [3.8, 4) is 0 Å². The fraction of sp³-hybridized carbons (Fsp3) is 0.600. The van der Waals surface area contributed by atoms with Crippen LogP contribution in [0.5, 0.6) is 0 Å². The molecule has 0 atom stereocenters. The number of carbonyl (C=O) groups is 1. The van der Waals surface area contributed by atoms with Crippen molar-refractivity contribution < 1.29 is 9.18 Å². The third kappa shape index (κ3) is 7.31. The molecule has 6 nitrogen and oxygen atoms in total. The topological polar surface area (TPSA) is 60.0 Å². The zero-order chi connectivity index (χ0) is 20.4. The minimum Gasteiger partial charge on any atom is -0.357 e. The first kappa shape index (κ1) is 22.5. The van der Waals surface area contributed by atoms with Gasteiger partial charge < -0.3 is 15.5 Å². The second kappa shape index (κ2) is 11.9. The van der Waals surface area contributed by atoms with Gasteiger partial charge in [0.1, 0.15) is 5.82 Å². The third-order valence-corrected chi connectivity index (χ3v) is 5.36. The van der Waals surface area contributed by atoms with Crippen LogP contribution in [0.2, 0.25) is 0 Å². The van der Waals surface area contributed by atoms with Gasteiger partial charge in [0.15, 0.2) is 5.96 Å². The Balaban J connectivity index is 1.85. The van der Waals surface area contributed by atoms with E-state index >= 15 is 0 Å². The van der Waals surface area contributed by atoms with Crippen molar-refractivity contribution in [3.63, 3.8) is 0 Å². The molecule has 0 spiro atoms. The van der Waals surface area contributed by atoms with Crippen LogP contribution in [0.15, 0.2) is 23.2 Å². The molecule has 0 radical (unpaired) electrons. The number of hydrogen-bond donors (Lipinski definition) is 2. The summed E-state index contributed by atoms with van der Waals surface area (Å²) < 4.78 is 13.5. The molecule has 0 aromatic heterocycles. The monoisotopic (exact) mass is 409 g/mol. The van der Waals surface area contributed by atoms with Crippen LogP contribution in [0.4, 0.5) is 4.39 Å². The van der Waals surface area contributed by atoms with Crippen molar-refractivity contribution in [2.75, 3.05) is 52.1 Å². The van der Waals surface area contributed by atoms with Gasteiger partial charge in [-0.3, -0.25) is 9.69 Å². The number of aliphatic imine (C=N–C) groups is 1. The molecular formula is C20H32FN5OS. The Morgan fingerprint density at radius 2 is 1.96 bits per heavy atom. The zero-order valence-corrected chi connectivity index (χ0v) is 17.9. The zero-order valence-electron chi connectivity index (χ0n) is 17.1. The number of piperazine rings is 1. The SMILES string of the molecule is CCNC(=NCc1ccc(F)cc1CSC)NCCN1CCN(C(C)=O)CC1. The molecule has 1 aliphatic heterocycles. The van der Waals surface area contributed by atoms with E-state index in [1.165, 1.54) is 6.07 Å². The molecule has 0 bridgehead atoms. The molecule has 1 aromatic rings. The van der Waals surface area contributed by atoms with E-state index in [4.69, 9.17) is 0 Å². The fourth-order valence-corrected chi connectivity index (χ4v) is 3.74. The molecule has 2 N–H and O–H groups in total. The first-order chi connectivity index (χ1) is 13.5. The van der Waals surface area contributed by atoms with E-state index in [0.717, 1.165) is 68.7 Å². The van der Waals surface area contributed by atoms with Crippen LogP contribution >= 0.6 is 11.8 Å². The molecule has 0 aliphatic carbocycles. The maximum atomic E-state index is 13.5. The number of nitrogens with one attached hydrogen (secondary N) is 2. The van der Waals surface area contributed by atoms with Crippen LogP contribution in [-0.4, -0.2) is 73.7 Å². The van der Waals surface area contributed by atoms with Crippen LogP contribution in [0.3, 0.4) is 0 Å². The highest BCUT2D eigenvalue weighted by atomic mass is 32.2. The van der Waals surface area contributed by atoms with E-state index < -0.39 is 0 Å². The average Bonchev–Trinajstić information content (AvgIpc) is 2.68. The van der Waals surface area contributed by atoms with Crippen molar-refractivity contribution in [2.24, 2.45) is 4.99 Å². The largest absolute Gasteiger partial charge is 0.357 e. The number of thioether (sulfide) groups is 1. The molecule has 1 heterocycles. The number of nitrogens with zero attached hydrogens (tertiary/aromatic N) is 3. The number of carbonyl (C=O) groups excluding carboxylic acids is 1. The molecule has 0 unspecified atom stereocenters. The lowest BCUT2D eigenvalue weighted by molar-refractivity contribution is -0.130. The van der Waals surface area contributed by atoms with E-state index in [-0.39, 0.29) is 11.7 Å². The van der Waals surface area contributed by atoms with Crippen LogP contribution in [0, 0.1) is 5.82 Å². The summed E-state index contributed by atoms with van der Waals surface area (Å²) in [6.07, 6.45) is 2.01. The Morgan fingerprint density at radius 3 is 2.61 bits per heavy atom. The van der Waals surface area contributed by atoms with E-state index in [0.29, 0.717) is 6.54 Å². The molecule has 1 aliphatic rings. The summed E-state index contributed by atoms with van der Waals surface area (Å²) >= 11 is 1.68. The maximum absolute atomic E-state index is 13.5. The van der Waals surface area contributed by atoms with Crippen molar-refractivity contribution in [1.82, 2.24) is 20.4 Å². The van der Waals surface area contributed by atoms with E-state index in [1.807, 2.05) is 24.1 Å². The molecule has 2 rings (SSSR count). The van der Waals surface area contributed by atoms with E-state index in [1.54, 1.807) is 24.8 Å². The Morgan fingerprint density at radius 1 is 1.21 bits per heavy atom. The second-order valence-corrected chi connectivity index (χ2v) is 7.68. The van der Waals surface area contributed by atoms with Crippen molar-refractivity contribution in [2.45, 2.75) is 26.1 Å². The molecule has 1 amide bonds. The van der Waals surface area contributed by atoms with Gasteiger partial charge in [0.05, 0.1) is 6.54 Å². The lowest BCUT2D eigenvalue weighted by Crippen LogP contribution is -2.50. The number of benzene rings is 1. The van der Waals surface area contributed by atoms with Gasteiger partial charge in [0.2, 0.25) is 5.91 Å². The van der Waals surface area contributed by atoms with Gasteiger partial charge in [-0.25, -0.2) is 9.38 Å². The molecule has 28 heavy (non-hydrogen) atoms. The number of hydrogen-bond acceptors (Lipinski definition) is 4. The van der Waals surface area contributed by atoms with Crippen LogP contribution < -0.4 is 10.6 Å². The summed E-state index contributed by atoms with van der Waals surface area (Å²) in [5.74, 6) is 1.50. The summed E-state index contributed by atoms with van der Waals surface area (Å²) in [7, 11) is 0. The Labute approximate surface area is 171 Å². The number of guanidine groups is 1. The molecule has 8 heteroatoms. The summed E-state index contributed by atoms with van der Waals surface area (Å²) in [5, 5.41) is 6.64. The number of amides is 1. The quantitative estimate of drug-likeness (QED) is 0.507. The molecule has 0 saturated carbocycles. The first-order valence-electron chi connectivity index (χ1n) is 9.79. The lowest BCUT2D eigenvalue weighted by atomic mass is 10.1. The Hall–Kier alpha value is -1.80. The highest BCUT2D eigenvalue weighted by molar-refractivity contribution is 7.97. The first-order valence-corrected chi connectivity index (χ1v) is 11.2. The Bertz CT molecular complexity index is 662. The summed E-state index contributed by atoms with van der Waals surface area (Å²) in [4.78, 5) is 20.3. The summed E-state index contributed by atoms with van der Waals surface area (Å²) in [6, 6.07) is 4.92. The average molecular weight is 410 g/mol. The Kier molecular flexibility index (Phi) is 9.57. The van der Waals surface area contributed by atoms with Gasteiger partial charge in [0.25, 0.3) is 0 Å². The molecule has 1 aromatic carbocycles. The maximum Gasteiger partial charge on any atom is 0.219 e.